The summed E-state index contributed by atoms with van der Waals surface area (Å²) in [5.74, 6) is 0. The standard InChI is InChI=1S/C14H13ClN2S2/c1-16-11(14-9(15)6-7-18-14)8-13-17-10-4-2-3-5-12(10)19-13/h2-7,11,16H,8H2,1H3. The number of nitrogens with one attached hydrogen (secondary N) is 1. The SMILES string of the molecule is CNC(Cc1nc2ccccc2s1)c1sccc1Cl. The van der Waals surface area contributed by atoms with Gasteiger partial charge in [0.25, 0.3) is 0 Å². The Hall–Kier alpha value is -0.940. The molecule has 1 atom stereocenters. The fourth-order valence-corrected chi connectivity index (χ4v) is 4.37. The molecule has 1 N–H and O–H groups in total. The van der Waals surface area contributed by atoms with Crippen LogP contribution >= 0.6 is 34.3 Å². The number of fused-ring (bicyclic) bond motifs is 1. The van der Waals surface area contributed by atoms with Gasteiger partial charge in [-0.2, -0.15) is 0 Å². The Morgan fingerprint density at radius 2 is 2.16 bits per heavy atom. The smallest absolute Gasteiger partial charge is 0.0957 e. The average Bonchev–Trinajstić information content (AvgIpc) is 3.01. The molecular weight excluding hydrogens is 296 g/mol. The third kappa shape index (κ3) is 2.67. The molecule has 0 aliphatic rings. The van der Waals surface area contributed by atoms with Crippen molar-refractivity contribution in [3.05, 3.63) is 50.6 Å². The van der Waals surface area contributed by atoms with E-state index in [-0.39, 0.29) is 6.04 Å². The lowest BCUT2D eigenvalue weighted by molar-refractivity contribution is 0.601. The van der Waals surface area contributed by atoms with Gasteiger partial charge in [-0.3, -0.25) is 0 Å². The lowest BCUT2D eigenvalue weighted by Crippen LogP contribution is -2.17. The van der Waals surface area contributed by atoms with Crippen LogP contribution in [0.2, 0.25) is 5.02 Å². The largest absolute Gasteiger partial charge is 0.312 e. The van der Waals surface area contributed by atoms with Crippen molar-refractivity contribution in [2.45, 2.75) is 12.5 Å². The average molecular weight is 309 g/mol. The molecule has 0 aliphatic carbocycles. The zero-order valence-corrected chi connectivity index (χ0v) is 12.8. The zero-order valence-electron chi connectivity index (χ0n) is 10.4. The van der Waals surface area contributed by atoms with Gasteiger partial charge in [0.05, 0.1) is 20.2 Å². The molecule has 0 saturated heterocycles. The van der Waals surface area contributed by atoms with Crippen molar-refractivity contribution in [2.75, 3.05) is 7.05 Å². The number of thiazole rings is 1. The van der Waals surface area contributed by atoms with Crippen molar-refractivity contribution in [3.63, 3.8) is 0 Å². The summed E-state index contributed by atoms with van der Waals surface area (Å²) in [6.45, 7) is 0. The summed E-state index contributed by atoms with van der Waals surface area (Å²) < 4.78 is 1.24. The van der Waals surface area contributed by atoms with Crippen LogP contribution in [0.5, 0.6) is 0 Å². The van der Waals surface area contributed by atoms with E-state index in [9.17, 15) is 0 Å². The van der Waals surface area contributed by atoms with Gasteiger partial charge < -0.3 is 5.32 Å². The number of aromatic nitrogens is 1. The number of likely N-dealkylation sites (N-methyl/N-ethyl adjacent to an activating group) is 1. The molecule has 2 nitrogen and oxygen atoms in total. The number of halogens is 1. The van der Waals surface area contributed by atoms with Gasteiger partial charge in [0, 0.05) is 17.3 Å². The number of hydrogen-bond acceptors (Lipinski definition) is 4. The third-order valence-corrected chi connectivity index (χ3v) is 5.56. The molecule has 0 saturated carbocycles. The van der Waals surface area contributed by atoms with Gasteiger partial charge in [0.15, 0.2) is 0 Å². The Balaban J connectivity index is 1.88. The molecule has 0 amide bonds. The predicted molar refractivity (Wildman–Crippen MR) is 84.5 cm³/mol. The van der Waals surface area contributed by atoms with Gasteiger partial charge >= 0.3 is 0 Å². The van der Waals surface area contributed by atoms with Gasteiger partial charge in [-0.15, -0.1) is 22.7 Å². The van der Waals surface area contributed by atoms with Gasteiger partial charge in [-0.05, 0) is 30.6 Å². The number of benzene rings is 1. The quantitative estimate of drug-likeness (QED) is 0.767. The summed E-state index contributed by atoms with van der Waals surface area (Å²) in [6, 6.07) is 10.4. The number of thiophene rings is 1. The topological polar surface area (TPSA) is 24.9 Å². The van der Waals surface area contributed by atoms with E-state index in [1.54, 1.807) is 22.7 Å². The van der Waals surface area contributed by atoms with Gasteiger partial charge in [-0.1, -0.05) is 23.7 Å². The molecule has 1 unspecified atom stereocenters. The molecule has 3 aromatic rings. The van der Waals surface area contributed by atoms with Gasteiger partial charge in [0.2, 0.25) is 0 Å². The van der Waals surface area contributed by atoms with Crippen molar-refractivity contribution in [1.82, 2.24) is 10.3 Å². The van der Waals surface area contributed by atoms with Crippen LogP contribution in [-0.2, 0) is 6.42 Å². The second-order valence-corrected chi connectivity index (χ2v) is 6.72. The molecule has 0 fully saturated rings. The van der Waals surface area contributed by atoms with Crippen molar-refractivity contribution in [2.24, 2.45) is 0 Å². The van der Waals surface area contributed by atoms with Crippen LogP contribution in [0.25, 0.3) is 10.2 Å². The molecule has 19 heavy (non-hydrogen) atoms. The summed E-state index contributed by atoms with van der Waals surface area (Å²) in [6.07, 6.45) is 0.871. The third-order valence-electron chi connectivity index (χ3n) is 3.03. The monoisotopic (exact) mass is 308 g/mol. The van der Waals surface area contributed by atoms with Crippen molar-refractivity contribution < 1.29 is 0 Å². The lowest BCUT2D eigenvalue weighted by Gasteiger charge is -2.13. The summed E-state index contributed by atoms with van der Waals surface area (Å²) in [4.78, 5) is 5.86. The van der Waals surface area contributed by atoms with Crippen molar-refractivity contribution >= 4 is 44.5 Å². The highest BCUT2D eigenvalue weighted by atomic mass is 35.5. The highest BCUT2D eigenvalue weighted by molar-refractivity contribution is 7.18. The van der Waals surface area contributed by atoms with E-state index in [4.69, 9.17) is 11.6 Å². The van der Waals surface area contributed by atoms with E-state index in [0.717, 1.165) is 22.0 Å². The Bertz CT molecular complexity index is 656. The molecule has 1 aromatic carbocycles. The van der Waals surface area contributed by atoms with Crippen LogP contribution < -0.4 is 5.32 Å². The summed E-state index contributed by atoms with van der Waals surface area (Å²) in [7, 11) is 1.97. The molecule has 98 valence electrons. The number of nitrogens with zero attached hydrogens (tertiary/aromatic N) is 1. The van der Waals surface area contributed by atoms with E-state index < -0.39 is 0 Å². The molecule has 0 radical (unpaired) electrons. The van der Waals surface area contributed by atoms with Crippen molar-refractivity contribution in [3.8, 4) is 0 Å². The minimum Gasteiger partial charge on any atom is -0.312 e. The molecular formula is C14H13ClN2S2. The molecule has 0 aliphatic heterocycles. The fourth-order valence-electron chi connectivity index (χ4n) is 2.06. The minimum absolute atomic E-state index is 0.230. The van der Waals surface area contributed by atoms with Crippen LogP contribution in [0, 0.1) is 0 Å². The van der Waals surface area contributed by atoms with E-state index in [2.05, 4.69) is 28.5 Å². The summed E-state index contributed by atoms with van der Waals surface area (Å²) >= 11 is 9.66. The van der Waals surface area contributed by atoms with Crippen LogP contribution in [0.1, 0.15) is 15.9 Å². The zero-order chi connectivity index (χ0) is 13.2. The van der Waals surface area contributed by atoms with E-state index in [1.807, 2.05) is 24.6 Å². The fraction of sp³-hybridized carbons (Fsp3) is 0.214. The highest BCUT2D eigenvalue weighted by Gasteiger charge is 2.17. The molecule has 2 aromatic heterocycles. The Morgan fingerprint density at radius 3 is 2.84 bits per heavy atom. The lowest BCUT2D eigenvalue weighted by atomic mass is 10.2. The van der Waals surface area contributed by atoms with E-state index in [1.165, 1.54) is 9.58 Å². The minimum atomic E-state index is 0.230. The number of rotatable bonds is 4. The van der Waals surface area contributed by atoms with Gasteiger partial charge in [-0.25, -0.2) is 4.98 Å². The number of hydrogen-bond donors (Lipinski definition) is 1. The van der Waals surface area contributed by atoms with Crippen LogP contribution in [0.3, 0.4) is 0 Å². The van der Waals surface area contributed by atoms with E-state index >= 15 is 0 Å². The first-order valence-corrected chi connectivity index (χ1v) is 8.10. The predicted octanol–water partition coefficient (Wildman–Crippen LogP) is 4.51. The maximum absolute atomic E-state index is 6.21. The highest BCUT2D eigenvalue weighted by Crippen LogP contribution is 2.32. The maximum Gasteiger partial charge on any atom is 0.0957 e. The molecule has 0 bridgehead atoms. The molecule has 5 heteroatoms. The Labute approximate surface area is 125 Å². The van der Waals surface area contributed by atoms with Crippen LogP contribution in [0.15, 0.2) is 35.7 Å². The normalized spacial score (nSPS) is 12.9. The Kier molecular flexibility index (Phi) is 3.84. The second kappa shape index (κ2) is 5.59. The maximum atomic E-state index is 6.21. The van der Waals surface area contributed by atoms with E-state index in [0.29, 0.717) is 0 Å². The number of para-hydroxylation sites is 1. The molecule has 0 spiro atoms. The first-order chi connectivity index (χ1) is 9.28. The van der Waals surface area contributed by atoms with Gasteiger partial charge in [0.1, 0.15) is 0 Å². The Morgan fingerprint density at radius 1 is 1.32 bits per heavy atom. The first kappa shape index (κ1) is 13.1. The van der Waals surface area contributed by atoms with Crippen LogP contribution in [-0.4, -0.2) is 12.0 Å². The first-order valence-electron chi connectivity index (χ1n) is 6.02. The van der Waals surface area contributed by atoms with Crippen LogP contribution in [0.4, 0.5) is 0 Å². The summed E-state index contributed by atoms with van der Waals surface area (Å²) in [5.41, 5.74) is 1.08. The van der Waals surface area contributed by atoms with Crippen molar-refractivity contribution in [1.29, 1.82) is 0 Å². The molecule has 2 heterocycles. The molecule has 3 rings (SSSR count). The second-order valence-electron chi connectivity index (χ2n) is 4.25. The summed E-state index contributed by atoms with van der Waals surface area (Å²) in [5, 5.41) is 7.34.